The Labute approximate surface area is 203 Å². The third kappa shape index (κ3) is 4.87. The van der Waals surface area contributed by atoms with Crippen LogP contribution in [0.25, 0.3) is 0 Å². The van der Waals surface area contributed by atoms with Gasteiger partial charge in [-0.1, -0.05) is 54.1 Å². The van der Waals surface area contributed by atoms with Crippen molar-refractivity contribution in [2.45, 2.75) is 0 Å². The van der Waals surface area contributed by atoms with Gasteiger partial charge in [0.2, 0.25) is 17.2 Å². The number of para-hydroxylation sites is 2. The second kappa shape index (κ2) is 9.65. The molecule has 4 aromatic rings. The Morgan fingerprint density at radius 1 is 0.636 bits per heavy atom. The predicted octanol–water partition coefficient (Wildman–Crippen LogP) is 5.97. The highest BCUT2D eigenvalue weighted by atomic mass is 35.5. The highest BCUT2D eigenvalue weighted by Gasteiger charge is 2.23. The van der Waals surface area contributed by atoms with Gasteiger partial charge < -0.3 is 9.80 Å². The fraction of sp³-hybridized carbons (Fsp3) is 0.160. The molecule has 1 saturated heterocycles. The summed E-state index contributed by atoms with van der Waals surface area (Å²) in [5.74, 6) is 1.06. The lowest BCUT2D eigenvalue weighted by molar-refractivity contribution is 0.638. The minimum atomic E-state index is 0.170. The number of rotatable bonds is 5. The Morgan fingerprint density at radius 2 is 1.24 bits per heavy atom. The van der Waals surface area contributed by atoms with Gasteiger partial charge in [0.25, 0.3) is 0 Å². The smallest absolute Gasteiger partial charge is 0.240 e. The molecule has 1 fully saturated rings. The van der Waals surface area contributed by atoms with Crippen molar-refractivity contribution < 1.29 is 0 Å². The maximum absolute atomic E-state index is 6.39. The van der Waals surface area contributed by atoms with E-state index in [0.717, 1.165) is 48.3 Å². The Morgan fingerprint density at radius 3 is 1.85 bits per heavy atom. The number of hydrogen-bond acceptors (Lipinski definition) is 6. The largest absolute Gasteiger partial charge is 0.368 e. The van der Waals surface area contributed by atoms with Crippen LogP contribution in [0, 0.1) is 0 Å². The second-order valence-electron chi connectivity index (χ2n) is 7.66. The van der Waals surface area contributed by atoms with Gasteiger partial charge in [0.05, 0.1) is 0 Å². The molecule has 0 saturated carbocycles. The van der Waals surface area contributed by atoms with Crippen molar-refractivity contribution in [3.8, 4) is 0 Å². The molecule has 0 aliphatic carbocycles. The van der Waals surface area contributed by atoms with Gasteiger partial charge in [-0.15, -0.1) is 0 Å². The van der Waals surface area contributed by atoms with Gasteiger partial charge in [0.15, 0.2) is 0 Å². The van der Waals surface area contributed by atoms with Crippen molar-refractivity contribution in [3.05, 3.63) is 95.2 Å². The van der Waals surface area contributed by atoms with Gasteiger partial charge in [-0.3, -0.25) is 4.90 Å². The number of anilines is 5. The fourth-order valence-corrected chi connectivity index (χ4v) is 4.28. The Balaban J connectivity index is 1.43. The first-order valence-electron chi connectivity index (χ1n) is 10.7. The molecule has 0 spiro atoms. The monoisotopic (exact) mass is 476 g/mol. The number of piperazine rings is 1. The summed E-state index contributed by atoms with van der Waals surface area (Å²) in [6, 6.07) is 28.0. The van der Waals surface area contributed by atoms with E-state index in [2.05, 4.69) is 25.8 Å². The minimum absolute atomic E-state index is 0.170. The molecule has 5 rings (SSSR count). The van der Waals surface area contributed by atoms with Crippen LogP contribution in [-0.2, 0) is 0 Å². The summed E-state index contributed by atoms with van der Waals surface area (Å²) in [4.78, 5) is 20.2. The zero-order valence-corrected chi connectivity index (χ0v) is 19.4. The average Bonchev–Trinajstić information content (AvgIpc) is 2.85. The molecule has 0 amide bonds. The van der Waals surface area contributed by atoms with E-state index < -0.39 is 0 Å². The van der Waals surface area contributed by atoms with Crippen LogP contribution >= 0.6 is 23.2 Å². The minimum Gasteiger partial charge on any atom is -0.368 e. The Kier molecular flexibility index (Phi) is 6.28. The molecule has 2 heterocycles. The van der Waals surface area contributed by atoms with E-state index in [0.29, 0.717) is 11.9 Å². The Bertz CT molecular complexity index is 1170. The lowest BCUT2D eigenvalue weighted by Gasteiger charge is -2.36. The molecule has 0 atom stereocenters. The summed E-state index contributed by atoms with van der Waals surface area (Å²) in [7, 11) is 0. The molecule has 0 radical (unpaired) electrons. The van der Waals surface area contributed by atoms with Crippen molar-refractivity contribution >= 4 is 52.2 Å². The molecule has 166 valence electrons. The average molecular weight is 477 g/mol. The first-order valence-corrected chi connectivity index (χ1v) is 11.5. The third-order valence-electron chi connectivity index (χ3n) is 5.55. The van der Waals surface area contributed by atoms with E-state index in [1.165, 1.54) is 0 Å². The summed E-state index contributed by atoms with van der Waals surface area (Å²) in [5, 5.41) is 0.912. The predicted molar refractivity (Wildman–Crippen MR) is 135 cm³/mol. The van der Waals surface area contributed by atoms with Gasteiger partial charge in [0, 0.05) is 48.3 Å². The lowest BCUT2D eigenvalue weighted by atomic mass is 10.2. The first-order chi connectivity index (χ1) is 16.2. The molecule has 1 aliphatic heterocycles. The normalized spacial score (nSPS) is 13.8. The molecule has 1 aliphatic rings. The van der Waals surface area contributed by atoms with Crippen molar-refractivity contribution in [2.75, 3.05) is 40.9 Å². The van der Waals surface area contributed by atoms with Gasteiger partial charge in [-0.05, 0) is 54.1 Å². The van der Waals surface area contributed by atoms with Crippen LogP contribution in [0.1, 0.15) is 0 Å². The number of halogens is 2. The summed E-state index contributed by atoms with van der Waals surface area (Å²) >= 11 is 12.6. The first kappa shape index (κ1) is 21.5. The highest BCUT2D eigenvalue weighted by molar-refractivity contribution is 6.30. The van der Waals surface area contributed by atoms with E-state index >= 15 is 0 Å². The SMILES string of the molecule is Clc1cccc(N2CCN(c3nc(Cl)nc(N(c4ccccc4)c4ccccc4)n3)CC2)c1. The molecule has 6 nitrogen and oxygen atoms in total. The maximum atomic E-state index is 6.39. The molecular formula is C25H22Cl2N6. The molecule has 3 aromatic carbocycles. The summed E-state index contributed by atoms with van der Waals surface area (Å²) in [5.41, 5.74) is 3.02. The number of hydrogen-bond donors (Lipinski definition) is 0. The highest BCUT2D eigenvalue weighted by Crippen LogP contribution is 2.33. The number of aromatic nitrogens is 3. The van der Waals surface area contributed by atoms with Crippen molar-refractivity contribution in [1.29, 1.82) is 0 Å². The van der Waals surface area contributed by atoms with Crippen molar-refractivity contribution in [1.82, 2.24) is 15.0 Å². The van der Waals surface area contributed by atoms with Crippen LogP contribution in [0.3, 0.4) is 0 Å². The molecule has 0 unspecified atom stereocenters. The molecule has 1 aromatic heterocycles. The van der Waals surface area contributed by atoms with Gasteiger partial charge in [-0.25, -0.2) is 0 Å². The maximum Gasteiger partial charge on any atom is 0.240 e. The topological polar surface area (TPSA) is 48.4 Å². The van der Waals surface area contributed by atoms with Crippen LogP contribution in [-0.4, -0.2) is 41.1 Å². The van der Waals surface area contributed by atoms with E-state index in [-0.39, 0.29) is 5.28 Å². The van der Waals surface area contributed by atoms with Crippen molar-refractivity contribution in [2.24, 2.45) is 0 Å². The van der Waals surface area contributed by atoms with E-state index in [9.17, 15) is 0 Å². The van der Waals surface area contributed by atoms with Crippen LogP contribution in [0.5, 0.6) is 0 Å². The van der Waals surface area contributed by atoms with Gasteiger partial charge >= 0.3 is 0 Å². The molecule has 33 heavy (non-hydrogen) atoms. The molecule has 0 N–H and O–H groups in total. The zero-order chi connectivity index (χ0) is 22.6. The van der Waals surface area contributed by atoms with E-state index in [4.69, 9.17) is 28.2 Å². The quantitative estimate of drug-likeness (QED) is 0.353. The van der Waals surface area contributed by atoms with Crippen LogP contribution < -0.4 is 14.7 Å². The second-order valence-corrected chi connectivity index (χ2v) is 8.44. The zero-order valence-electron chi connectivity index (χ0n) is 17.9. The number of nitrogens with zero attached hydrogens (tertiary/aromatic N) is 6. The van der Waals surface area contributed by atoms with Gasteiger partial charge in [0.1, 0.15) is 0 Å². The molecule has 0 bridgehead atoms. The standard InChI is InChI=1S/C25H22Cl2N6/c26-19-8-7-13-22(18-19)31-14-16-32(17-15-31)24-28-23(27)29-25(30-24)33(20-9-3-1-4-10-20)21-11-5-2-6-12-21/h1-13,18H,14-17H2. The summed E-state index contributed by atoms with van der Waals surface area (Å²) in [6.07, 6.45) is 0. The van der Waals surface area contributed by atoms with Gasteiger partial charge in [-0.2, -0.15) is 15.0 Å². The Hall–Kier alpha value is -3.35. The summed E-state index contributed by atoms with van der Waals surface area (Å²) < 4.78 is 0. The van der Waals surface area contributed by atoms with E-state index in [1.54, 1.807) is 0 Å². The van der Waals surface area contributed by atoms with Crippen LogP contribution in [0.15, 0.2) is 84.9 Å². The van der Waals surface area contributed by atoms with Crippen molar-refractivity contribution in [3.63, 3.8) is 0 Å². The number of benzene rings is 3. The molecular weight excluding hydrogens is 455 g/mol. The summed E-state index contributed by atoms with van der Waals surface area (Å²) in [6.45, 7) is 3.20. The fourth-order valence-electron chi connectivity index (χ4n) is 3.94. The molecule has 8 heteroatoms. The van der Waals surface area contributed by atoms with Crippen LogP contribution in [0.4, 0.5) is 29.0 Å². The lowest BCUT2D eigenvalue weighted by Crippen LogP contribution is -2.47. The third-order valence-corrected chi connectivity index (χ3v) is 5.95. The van der Waals surface area contributed by atoms with Crippen LogP contribution in [0.2, 0.25) is 10.3 Å². The van der Waals surface area contributed by atoms with E-state index in [1.807, 2.05) is 83.8 Å².